The zero-order chi connectivity index (χ0) is 8.59. The van der Waals surface area contributed by atoms with Crippen LogP contribution < -0.4 is 0 Å². The average Bonchev–Trinajstić information content (AvgIpc) is 2.63. The number of nitrogens with zero attached hydrogens (tertiary/aromatic N) is 1. The lowest BCUT2D eigenvalue weighted by Crippen LogP contribution is -2.21. The molecule has 11 heavy (non-hydrogen) atoms. The first-order valence-corrected chi connectivity index (χ1v) is 4.33. The van der Waals surface area contributed by atoms with Crippen molar-refractivity contribution in [2.24, 2.45) is 5.92 Å². The largest absolute Gasteiger partial charge is 0.298 e. The topological polar surface area (TPSA) is 20.1 Å². The molecule has 0 saturated carbocycles. The molecular weight excluding hydrogens is 138 g/mol. The summed E-state index contributed by atoms with van der Waals surface area (Å²) in [5.41, 5.74) is 0. The van der Waals surface area contributed by atoms with Crippen molar-refractivity contribution in [3.63, 3.8) is 0 Å². The molecule has 2 unspecified atom stereocenters. The van der Waals surface area contributed by atoms with Gasteiger partial charge in [-0.15, -0.1) is 0 Å². The lowest BCUT2D eigenvalue weighted by molar-refractivity contribution is -0.122. The molecule has 1 heterocycles. The van der Waals surface area contributed by atoms with Gasteiger partial charge in [0.05, 0.1) is 6.04 Å². The lowest BCUT2D eigenvalue weighted by atomic mass is 10.1. The summed E-state index contributed by atoms with van der Waals surface area (Å²) in [5.74, 6) is 0.599. The molecule has 2 heteroatoms. The summed E-state index contributed by atoms with van der Waals surface area (Å²) in [6.07, 6.45) is 0. The Bertz CT molecular complexity index is 163. The van der Waals surface area contributed by atoms with Crippen LogP contribution in [-0.4, -0.2) is 29.3 Å². The van der Waals surface area contributed by atoms with Gasteiger partial charge in [0.2, 0.25) is 0 Å². The summed E-state index contributed by atoms with van der Waals surface area (Å²) < 4.78 is 0. The number of hydrogen-bond donors (Lipinski definition) is 0. The van der Waals surface area contributed by atoms with E-state index >= 15 is 0 Å². The van der Waals surface area contributed by atoms with Crippen molar-refractivity contribution < 1.29 is 4.79 Å². The van der Waals surface area contributed by atoms with Crippen molar-refractivity contribution in [1.29, 1.82) is 0 Å². The molecule has 0 aromatic carbocycles. The molecule has 0 radical (unpaired) electrons. The molecule has 1 aliphatic rings. The Hall–Kier alpha value is -0.370. The van der Waals surface area contributed by atoms with Gasteiger partial charge in [-0.2, -0.15) is 0 Å². The maximum atomic E-state index is 11.4. The van der Waals surface area contributed by atoms with Gasteiger partial charge >= 0.3 is 0 Å². The number of carbonyl (C=O) groups is 1. The van der Waals surface area contributed by atoms with Gasteiger partial charge in [-0.25, -0.2) is 0 Å². The van der Waals surface area contributed by atoms with E-state index in [1.165, 1.54) is 0 Å². The van der Waals surface area contributed by atoms with Crippen LogP contribution >= 0.6 is 0 Å². The minimum atomic E-state index is 0.198. The molecular formula is C9H17NO. The summed E-state index contributed by atoms with van der Waals surface area (Å²) in [6.45, 7) is 9.19. The fraction of sp³-hybridized carbons (Fsp3) is 0.889. The fourth-order valence-electron chi connectivity index (χ4n) is 1.36. The van der Waals surface area contributed by atoms with Gasteiger partial charge in [0.1, 0.15) is 0 Å². The van der Waals surface area contributed by atoms with Crippen molar-refractivity contribution in [3.05, 3.63) is 0 Å². The highest BCUT2D eigenvalue weighted by Gasteiger charge is 2.42. The summed E-state index contributed by atoms with van der Waals surface area (Å²) >= 11 is 0. The summed E-state index contributed by atoms with van der Waals surface area (Å²) in [5, 5.41) is 0. The van der Waals surface area contributed by atoms with E-state index in [0.29, 0.717) is 11.8 Å². The van der Waals surface area contributed by atoms with Gasteiger partial charge in [0.25, 0.3) is 0 Å². The molecule has 1 saturated heterocycles. The molecule has 0 bridgehead atoms. The van der Waals surface area contributed by atoms with Gasteiger partial charge in [-0.05, 0) is 13.8 Å². The van der Waals surface area contributed by atoms with Crippen LogP contribution in [0.1, 0.15) is 27.7 Å². The third-order valence-electron chi connectivity index (χ3n) is 2.21. The van der Waals surface area contributed by atoms with E-state index in [4.69, 9.17) is 0 Å². The highest BCUT2D eigenvalue weighted by atomic mass is 16.1. The van der Waals surface area contributed by atoms with Crippen LogP contribution in [0.3, 0.4) is 0 Å². The number of hydrogen-bond acceptors (Lipinski definition) is 2. The van der Waals surface area contributed by atoms with Crippen LogP contribution in [0.4, 0.5) is 0 Å². The van der Waals surface area contributed by atoms with Crippen LogP contribution in [-0.2, 0) is 4.79 Å². The van der Waals surface area contributed by atoms with E-state index in [1.807, 2.05) is 13.8 Å². The molecule has 2 atom stereocenters. The second kappa shape index (κ2) is 2.94. The van der Waals surface area contributed by atoms with Crippen molar-refractivity contribution in [2.75, 3.05) is 6.54 Å². The second-order valence-electron chi connectivity index (χ2n) is 3.86. The second-order valence-corrected chi connectivity index (χ2v) is 3.86. The molecule has 1 rings (SSSR count). The minimum Gasteiger partial charge on any atom is -0.298 e. The van der Waals surface area contributed by atoms with E-state index in [-0.39, 0.29) is 12.0 Å². The standard InChI is InChI=1S/C9H17NO/c1-6(2)9(11)8-5-10(8)7(3)4/h6-8H,5H2,1-4H3. The highest BCUT2D eigenvalue weighted by Crippen LogP contribution is 2.24. The van der Waals surface area contributed by atoms with Crippen LogP contribution in [0.2, 0.25) is 0 Å². The van der Waals surface area contributed by atoms with Crippen molar-refractivity contribution in [1.82, 2.24) is 4.90 Å². The monoisotopic (exact) mass is 155 g/mol. The highest BCUT2D eigenvalue weighted by molar-refractivity contribution is 5.88. The van der Waals surface area contributed by atoms with Crippen LogP contribution in [0.25, 0.3) is 0 Å². The molecule has 2 nitrogen and oxygen atoms in total. The van der Waals surface area contributed by atoms with Crippen LogP contribution in [0.15, 0.2) is 0 Å². The van der Waals surface area contributed by atoms with E-state index in [1.54, 1.807) is 0 Å². The number of carbonyl (C=O) groups excluding carboxylic acids is 1. The van der Waals surface area contributed by atoms with Crippen molar-refractivity contribution in [3.8, 4) is 0 Å². The Morgan fingerprint density at radius 2 is 1.91 bits per heavy atom. The Labute approximate surface area is 68.6 Å². The van der Waals surface area contributed by atoms with E-state index in [2.05, 4.69) is 18.7 Å². The number of Topliss-reactive ketones (excluding diaryl/α,β-unsaturated/α-hetero) is 1. The van der Waals surface area contributed by atoms with Crippen LogP contribution in [0.5, 0.6) is 0 Å². The summed E-state index contributed by atoms with van der Waals surface area (Å²) in [4.78, 5) is 13.6. The van der Waals surface area contributed by atoms with Gasteiger partial charge in [0, 0.05) is 18.5 Å². The summed E-state index contributed by atoms with van der Waals surface area (Å²) in [7, 11) is 0. The van der Waals surface area contributed by atoms with Gasteiger partial charge < -0.3 is 0 Å². The number of rotatable bonds is 3. The molecule has 0 amide bonds. The molecule has 0 aromatic heterocycles. The molecule has 1 fully saturated rings. The predicted molar refractivity (Wildman–Crippen MR) is 45.5 cm³/mol. The third kappa shape index (κ3) is 1.80. The lowest BCUT2D eigenvalue weighted by Gasteiger charge is -2.07. The Balaban J connectivity index is 2.38. The Morgan fingerprint density at radius 1 is 1.36 bits per heavy atom. The molecule has 1 aliphatic heterocycles. The van der Waals surface area contributed by atoms with Gasteiger partial charge in [0.15, 0.2) is 5.78 Å². The smallest absolute Gasteiger partial charge is 0.153 e. The first-order valence-electron chi connectivity index (χ1n) is 4.33. The number of ketones is 1. The molecule has 0 N–H and O–H groups in total. The van der Waals surface area contributed by atoms with Gasteiger partial charge in [-0.3, -0.25) is 9.69 Å². The first-order chi connectivity index (χ1) is 5.04. The van der Waals surface area contributed by atoms with Crippen molar-refractivity contribution >= 4 is 5.78 Å². The zero-order valence-electron chi connectivity index (χ0n) is 7.79. The fourth-order valence-corrected chi connectivity index (χ4v) is 1.36. The zero-order valence-corrected chi connectivity index (χ0v) is 7.79. The summed E-state index contributed by atoms with van der Waals surface area (Å²) in [6, 6.07) is 0.776. The third-order valence-corrected chi connectivity index (χ3v) is 2.21. The van der Waals surface area contributed by atoms with E-state index in [9.17, 15) is 4.79 Å². The van der Waals surface area contributed by atoms with E-state index in [0.717, 1.165) is 6.54 Å². The van der Waals surface area contributed by atoms with Crippen LogP contribution in [0, 0.1) is 5.92 Å². The molecule has 64 valence electrons. The maximum absolute atomic E-state index is 11.4. The molecule has 0 aliphatic carbocycles. The van der Waals surface area contributed by atoms with Crippen molar-refractivity contribution in [2.45, 2.75) is 39.8 Å². The normalized spacial score (nSPS) is 29.6. The van der Waals surface area contributed by atoms with E-state index < -0.39 is 0 Å². The quantitative estimate of drug-likeness (QED) is 0.572. The Kier molecular flexibility index (Phi) is 2.33. The predicted octanol–water partition coefficient (Wildman–Crippen LogP) is 1.30. The maximum Gasteiger partial charge on any atom is 0.153 e. The SMILES string of the molecule is CC(C)C(=O)C1CN1C(C)C. The minimum absolute atomic E-state index is 0.198. The first kappa shape index (κ1) is 8.72. The average molecular weight is 155 g/mol. The molecule has 0 spiro atoms. The van der Waals surface area contributed by atoms with Gasteiger partial charge in [-0.1, -0.05) is 13.8 Å². The molecule has 0 aromatic rings. The Morgan fingerprint density at radius 3 is 2.18 bits per heavy atom.